The van der Waals surface area contributed by atoms with Crippen molar-refractivity contribution in [2.75, 3.05) is 16.8 Å². The first kappa shape index (κ1) is 11.8. The van der Waals surface area contributed by atoms with E-state index in [1.54, 1.807) is 0 Å². The van der Waals surface area contributed by atoms with Crippen molar-refractivity contribution in [1.29, 1.82) is 0 Å². The molecule has 2 aromatic rings. The fourth-order valence-corrected chi connectivity index (χ4v) is 2.36. The maximum absolute atomic E-state index is 11.8. The molecule has 2 aromatic carbocycles. The molecule has 1 amide bonds. The molecule has 0 radical (unpaired) electrons. The van der Waals surface area contributed by atoms with Gasteiger partial charge in [0.25, 0.3) is 0 Å². The van der Waals surface area contributed by atoms with E-state index in [1.807, 2.05) is 24.3 Å². The second-order valence-electron chi connectivity index (χ2n) is 4.92. The summed E-state index contributed by atoms with van der Waals surface area (Å²) in [6.07, 6.45) is 0. The van der Waals surface area contributed by atoms with Gasteiger partial charge in [0.2, 0.25) is 5.91 Å². The Bertz CT molecular complexity index is 649. The van der Waals surface area contributed by atoms with E-state index in [0.29, 0.717) is 6.54 Å². The number of hydrogen-bond acceptors (Lipinski definition) is 2. The Balaban J connectivity index is 2.09. The fraction of sp³-hybridized carbons (Fsp3) is 0.188. The van der Waals surface area contributed by atoms with Crippen LogP contribution in [0.15, 0.2) is 42.5 Å². The van der Waals surface area contributed by atoms with Crippen molar-refractivity contribution in [1.82, 2.24) is 0 Å². The van der Waals surface area contributed by atoms with Crippen LogP contribution in [0.4, 0.5) is 17.1 Å². The zero-order valence-electron chi connectivity index (χ0n) is 11.1. The maximum Gasteiger partial charge on any atom is 0.244 e. The van der Waals surface area contributed by atoms with E-state index < -0.39 is 0 Å². The van der Waals surface area contributed by atoms with Gasteiger partial charge in [-0.1, -0.05) is 18.2 Å². The highest BCUT2D eigenvalue weighted by Crippen LogP contribution is 2.35. The third kappa shape index (κ3) is 2.08. The lowest BCUT2D eigenvalue weighted by Gasteiger charge is -2.31. The molecule has 0 saturated heterocycles. The third-order valence-electron chi connectivity index (χ3n) is 3.57. The predicted octanol–water partition coefficient (Wildman–Crippen LogP) is 3.39. The van der Waals surface area contributed by atoms with Crippen molar-refractivity contribution in [2.24, 2.45) is 0 Å². The summed E-state index contributed by atoms with van der Waals surface area (Å²) in [6, 6.07) is 14.2. The van der Waals surface area contributed by atoms with Crippen LogP contribution < -0.4 is 10.2 Å². The first-order chi connectivity index (χ1) is 9.15. The minimum atomic E-state index is 0.0249. The molecule has 96 valence electrons. The first-order valence-electron chi connectivity index (χ1n) is 6.39. The van der Waals surface area contributed by atoms with Crippen molar-refractivity contribution in [2.45, 2.75) is 13.8 Å². The molecular weight excluding hydrogens is 236 g/mol. The van der Waals surface area contributed by atoms with E-state index >= 15 is 0 Å². The smallest absolute Gasteiger partial charge is 0.244 e. The average molecular weight is 252 g/mol. The zero-order chi connectivity index (χ0) is 13.4. The average Bonchev–Trinajstić information content (AvgIpc) is 2.41. The minimum absolute atomic E-state index is 0.0249. The molecule has 1 heterocycles. The van der Waals surface area contributed by atoms with Gasteiger partial charge in [0, 0.05) is 5.69 Å². The van der Waals surface area contributed by atoms with Crippen LogP contribution in [0.3, 0.4) is 0 Å². The van der Waals surface area contributed by atoms with E-state index in [0.717, 1.165) is 17.1 Å². The molecule has 0 spiro atoms. The van der Waals surface area contributed by atoms with Gasteiger partial charge in [0.15, 0.2) is 0 Å². The molecule has 0 saturated carbocycles. The summed E-state index contributed by atoms with van der Waals surface area (Å²) in [5.74, 6) is 0.0249. The summed E-state index contributed by atoms with van der Waals surface area (Å²) in [5, 5.41) is 2.91. The van der Waals surface area contributed by atoms with Gasteiger partial charge in [-0.15, -0.1) is 0 Å². The van der Waals surface area contributed by atoms with Gasteiger partial charge in [-0.2, -0.15) is 0 Å². The number of anilines is 3. The fourth-order valence-electron chi connectivity index (χ4n) is 2.36. The molecular formula is C16H16N2O. The number of benzene rings is 2. The van der Waals surface area contributed by atoms with Gasteiger partial charge in [-0.25, -0.2) is 0 Å². The van der Waals surface area contributed by atoms with E-state index in [2.05, 4.69) is 42.3 Å². The number of nitrogens with zero attached hydrogens (tertiary/aromatic N) is 1. The van der Waals surface area contributed by atoms with Crippen molar-refractivity contribution < 1.29 is 4.79 Å². The van der Waals surface area contributed by atoms with Crippen LogP contribution in [0.25, 0.3) is 0 Å². The van der Waals surface area contributed by atoms with Crippen LogP contribution >= 0.6 is 0 Å². The molecule has 3 heteroatoms. The molecule has 0 bridgehead atoms. The molecule has 0 atom stereocenters. The highest BCUT2D eigenvalue weighted by molar-refractivity contribution is 6.03. The lowest BCUT2D eigenvalue weighted by molar-refractivity contribution is -0.115. The largest absolute Gasteiger partial charge is 0.330 e. The number of amides is 1. The van der Waals surface area contributed by atoms with Crippen LogP contribution in [0.2, 0.25) is 0 Å². The minimum Gasteiger partial charge on any atom is -0.330 e. The Morgan fingerprint density at radius 2 is 1.84 bits per heavy atom. The first-order valence-corrected chi connectivity index (χ1v) is 6.39. The Morgan fingerprint density at radius 1 is 1.05 bits per heavy atom. The number of hydrogen-bond donors (Lipinski definition) is 1. The Morgan fingerprint density at radius 3 is 2.63 bits per heavy atom. The molecule has 1 aliphatic heterocycles. The van der Waals surface area contributed by atoms with E-state index in [-0.39, 0.29) is 5.91 Å². The van der Waals surface area contributed by atoms with Crippen LogP contribution in [0.5, 0.6) is 0 Å². The van der Waals surface area contributed by atoms with Crippen LogP contribution in [-0.2, 0) is 4.79 Å². The highest BCUT2D eigenvalue weighted by atomic mass is 16.2. The van der Waals surface area contributed by atoms with Crippen molar-refractivity contribution in [3.8, 4) is 0 Å². The third-order valence-corrected chi connectivity index (χ3v) is 3.57. The summed E-state index contributed by atoms with van der Waals surface area (Å²) in [4.78, 5) is 13.9. The summed E-state index contributed by atoms with van der Waals surface area (Å²) in [6.45, 7) is 4.55. The van der Waals surface area contributed by atoms with Crippen LogP contribution in [0, 0.1) is 13.8 Å². The number of para-hydroxylation sites is 2. The molecule has 3 rings (SSSR count). The second-order valence-corrected chi connectivity index (χ2v) is 4.92. The quantitative estimate of drug-likeness (QED) is 0.843. The normalized spacial score (nSPS) is 14.0. The molecule has 1 aliphatic rings. The van der Waals surface area contributed by atoms with Crippen LogP contribution in [0.1, 0.15) is 11.1 Å². The lowest BCUT2D eigenvalue weighted by atomic mass is 10.1. The molecule has 1 N–H and O–H groups in total. The Labute approximate surface area is 112 Å². The van der Waals surface area contributed by atoms with E-state index in [1.165, 1.54) is 11.1 Å². The predicted molar refractivity (Wildman–Crippen MR) is 78.0 cm³/mol. The van der Waals surface area contributed by atoms with Crippen molar-refractivity contribution in [3.63, 3.8) is 0 Å². The van der Waals surface area contributed by atoms with Gasteiger partial charge in [0.1, 0.15) is 6.54 Å². The van der Waals surface area contributed by atoms with Gasteiger partial charge in [-0.05, 0) is 49.2 Å². The molecule has 0 aromatic heterocycles. The number of nitrogens with one attached hydrogen (secondary N) is 1. The van der Waals surface area contributed by atoms with Gasteiger partial charge < -0.3 is 10.2 Å². The number of fused-ring (bicyclic) bond motifs is 1. The van der Waals surface area contributed by atoms with Gasteiger partial charge >= 0.3 is 0 Å². The second kappa shape index (κ2) is 4.43. The topological polar surface area (TPSA) is 32.3 Å². The molecule has 19 heavy (non-hydrogen) atoms. The monoisotopic (exact) mass is 252 g/mol. The number of rotatable bonds is 1. The zero-order valence-corrected chi connectivity index (χ0v) is 11.1. The molecule has 0 aliphatic carbocycles. The number of carbonyl (C=O) groups is 1. The number of carbonyl (C=O) groups excluding carboxylic acids is 1. The van der Waals surface area contributed by atoms with Gasteiger partial charge in [0.05, 0.1) is 11.4 Å². The SMILES string of the molecule is Cc1ccc(N2CC(=O)Nc3ccccc32)cc1C. The Kier molecular flexibility index (Phi) is 2.75. The highest BCUT2D eigenvalue weighted by Gasteiger charge is 2.22. The Hall–Kier alpha value is -2.29. The molecule has 3 nitrogen and oxygen atoms in total. The van der Waals surface area contributed by atoms with E-state index in [4.69, 9.17) is 0 Å². The molecule has 0 unspecified atom stereocenters. The van der Waals surface area contributed by atoms with Gasteiger partial charge in [-0.3, -0.25) is 4.79 Å². The lowest BCUT2D eigenvalue weighted by Crippen LogP contribution is -2.34. The summed E-state index contributed by atoms with van der Waals surface area (Å²) in [7, 11) is 0. The van der Waals surface area contributed by atoms with Crippen LogP contribution in [-0.4, -0.2) is 12.5 Å². The summed E-state index contributed by atoms with van der Waals surface area (Å²) in [5.41, 5.74) is 5.48. The van der Waals surface area contributed by atoms with Crippen molar-refractivity contribution >= 4 is 23.0 Å². The molecule has 0 fully saturated rings. The standard InChI is InChI=1S/C16H16N2O/c1-11-7-8-13(9-12(11)2)18-10-16(19)17-14-5-3-4-6-15(14)18/h3-9H,10H2,1-2H3,(H,17,19). The summed E-state index contributed by atoms with van der Waals surface area (Å²) < 4.78 is 0. The van der Waals surface area contributed by atoms with Crippen molar-refractivity contribution in [3.05, 3.63) is 53.6 Å². The van der Waals surface area contributed by atoms with E-state index in [9.17, 15) is 4.79 Å². The summed E-state index contributed by atoms with van der Waals surface area (Å²) >= 11 is 0. The maximum atomic E-state index is 11.8. The number of aryl methyl sites for hydroxylation is 2.